The SMILES string of the molecule is CCOc1cc([C@@H]2C(C#N)=C(N)Oc3cc4c(cc32)OCO4)ccc1OCc1ccccc1C#N. The summed E-state index contributed by atoms with van der Waals surface area (Å²) in [6.45, 7) is 2.63. The maximum atomic E-state index is 9.89. The first-order valence-electron chi connectivity index (χ1n) is 11.0. The molecule has 2 aliphatic rings. The lowest BCUT2D eigenvalue weighted by molar-refractivity contribution is 0.174. The van der Waals surface area contributed by atoms with Crippen LogP contribution >= 0.6 is 0 Å². The van der Waals surface area contributed by atoms with Crippen LogP contribution in [0.4, 0.5) is 0 Å². The van der Waals surface area contributed by atoms with E-state index in [2.05, 4.69) is 12.1 Å². The molecule has 3 aromatic carbocycles. The van der Waals surface area contributed by atoms with Crippen LogP contribution in [-0.4, -0.2) is 13.4 Å². The fourth-order valence-electron chi connectivity index (χ4n) is 4.19. The molecule has 2 aliphatic heterocycles. The third kappa shape index (κ3) is 4.03. The van der Waals surface area contributed by atoms with Gasteiger partial charge in [0, 0.05) is 17.2 Å². The zero-order valence-corrected chi connectivity index (χ0v) is 18.9. The van der Waals surface area contributed by atoms with Crippen LogP contribution in [-0.2, 0) is 6.61 Å². The summed E-state index contributed by atoms with van der Waals surface area (Å²) in [6, 6.07) is 20.7. The van der Waals surface area contributed by atoms with E-state index in [4.69, 9.17) is 29.4 Å². The smallest absolute Gasteiger partial charge is 0.231 e. The topological polar surface area (TPSA) is 120 Å². The van der Waals surface area contributed by atoms with Crippen molar-refractivity contribution in [3.8, 4) is 40.9 Å². The molecule has 0 amide bonds. The Morgan fingerprint density at radius 1 is 0.943 bits per heavy atom. The minimum absolute atomic E-state index is 0.0373. The van der Waals surface area contributed by atoms with Crippen LogP contribution in [0.1, 0.15) is 35.1 Å². The van der Waals surface area contributed by atoms with Gasteiger partial charge in [-0.1, -0.05) is 24.3 Å². The summed E-state index contributed by atoms with van der Waals surface area (Å²) in [5.74, 6) is 2.23. The first kappa shape index (κ1) is 22.0. The van der Waals surface area contributed by atoms with Crippen LogP contribution in [0.25, 0.3) is 0 Å². The van der Waals surface area contributed by atoms with E-state index in [1.807, 2.05) is 43.3 Å². The first-order chi connectivity index (χ1) is 17.1. The molecule has 0 unspecified atom stereocenters. The standard InChI is InChI=1S/C27H21N3O5/c1-2-31-23-9-16(7-8-21(23)32-14-18-6-4-3-5-17(18)12-28)26-19-10-24-25(34-15-33-24)11-22(19)35-27(30)20(26)13-29/h3-11,26H,2,14-15,30H2,1H3/t26-/m0/s1. The van der Waals surface area contributed by atoms with Crippen molar-refractivity contribution in [2.24, 2.45) is 5.73 Å². The number of allylic oxidation sites excluding steroid dienone is 1. The number of nitriles is 2. The fourth-order valence-corrected chi connectivity index (χ4v) is 4.19. The minimum atomic E-state index is -0.495. The highest BCUT2D eigenvalue weighted by Gasteiger charge is 2.33. The highest BCUT2D eigenvalue weighted by atomic mass is 16.7. The number of ether oxygens (including phenoxy) is 5. The highest BCUT2D eigenvalue weighted by Crippen LogP contribution is 2.48. The number of nitrogens with zero attached hydrogens (tertiary/aromatic N) is 2. The van der Waals surface area contributed by atoms with Gasteiger partial charge in [-0.3, -0.25) is 0 Å². The van der Waals surface area contributed by atoms with Crippen LogP contribution < -0.4 is 29.4 Å². The normalized spacial score (nSPS) is 15.5. The number of nitrogens with two attached hydrogens (primary N) is 1. The predicted molar refractivity (Wildman–Crippen MR) is 125 cm³/mol. The van der Waals surface area contributed by atoms with Gasteiger partial charge in [0.05, 0.1) is 24.2 Å². The Bertz CT molecular complexity index is 1420. The van der Waals surface area contributed by atoms with Crippen molar-refractivity contribution in [2.45, 2.75) is 19.4 Å². The molecule has 2 N–H and O–H groups in total. The predicted octanol–water partition coefficient (Wildman–Crippen LogP) is 4.48. The average molecular weight is 467 g/mol. The van der Waals surface area contributed by atoms with Gasteiger partial charge in [-0.25, -0.2) is 0 Å². The zero-order chi connectivity index (χ0) is 24.4. The second-order valence-corrected chi connectivity index (χ2v) is 7.86. The number of hydrogen-bond donors (Lipinski definition) is 1. The maximum absolute atomic E-state index is 9.89. The van der Waals surface area contributed by atoms with E-state index in [0.717, 1.165) is 16.7 Å². The Kier molecular flexibility index (Phi) is 5.78. The minimum Gasteiger partial charge on any atom is -0.490 e. The van der Waals surface area contributed by atoms with Crippen molar-refractivity contribution in [2.75, 3.05) is 13.4 Å². The summed E-state index contributed by atoms with van der Waals surface area (Å²) < 4.78 is 28.6. The molecule has 1 atom stereocenters. The van der Waals surface area contributed by atoms with Crippen molar-refractivity contribution in [3.05, 3.63) is 88.3 Å². The molecule has 0 fully saturated rings. The molecule has 3 aromatic rings. The van der Waals surface area contributed by atoms with E-state index < -0.39 is 5.92 Å². The summed E-state index contributed by atoms with van der Waals surface area (Å²) in [5, 5.41) is 19.2. The third-order valence-electron chi connectivity index (χ3n) is 5.83. The highest BCUT2D eigenvalue weighted by molar-refractivity contribution is 5.62. The Morgan fingerprint density at radius 3 is 2.51 bits per heavy atom. The summed E-state index contributed by atoms with van der Waals surface area (Å²) in [5.41, 5.74) is 9.26. The van der Waals surface area contributed by atoms with Gasteiger partial charge in [-0.15, -0.1) is 0 Å². The van der Waals surface area contributed by atoms with Gasteiger partial charge in [0.25, 0.3) is 0 Å². The maximum Gasteiger partial charge on any atom is 0.231 e. The summed E-state index contributed by atoms with van der Waals surface area (Å²) in [4.78, 5) is 0. The molecule has 0 radical (unpaired) electrons. The van der Waals surface area contributed by atoms with Gasteiger partial charge in [0.1, 0.15) is 24.0 Å². The van der Waals surface area contributed by atoms with E-state index in [1.54, 1.807) is 18.2 Å². The van der Waals surface area contributed by atoms with Crippen LogP contribution in [0.3, 0.4) is 0 Å². The Morgan fingerprint density at radius 2 is 1.74 bits per heavy atom. The number of hydrogen-bond acceptors (Lipinski definition) is 8. The van der Waals surface area contributed by atoms with E-state index >= 15 is 0 Å². The van der Waals surface area contributed by atoms with Crippen LogP contribution in [0, 0.1) is 22.7 Å². The van der Waals surface area contributed by atoms with E-state index in [-0.39, 0.29) is 24.9 Å². The quantitative estimate of drug-likeness (QED) is 0.563. The van der Waals surface area contributed by atoms with E-state index in [9.17, 15) is 10.5 Å². The summed E-state index contributed by atoms with van der Waals surface area (Å²) in [6.07, 6.45) is 0. The van der Waals surface area contributed by atoms with Gasteiger partial charge in [-0.05, 0) is 36.8 Å². The van der Waals surface area contributed by atoms with Crippen molar-refractivity contribution >= 4 is 0 Å². The van der Waals surface area contributed by atoms with Crippen molar-refractivity contribution in [3.63, 3.8) is 0 Å². The van der Waals surface area contributed by atoms with Crippen LogP contribution in [0.15, 0.2) is 66.1 Å². The number of rotatable bonds is 6. The van der Waals surface area contributed by atoms with Gasteiger partial charge >= 0.3 is 0 Å². The van der Waals surface area contributed by atoms with Crippen LogP contribution in [0.2, 0.25) is 0 Å². The van der Waals surface area contributed by atoms with Gasteiger partial charge in [0.15, 0.2) is 23.0 Å². The number of benzene rings is 3. The largest absolute Gasteiger partial charge is 0.490 e. The second-order valence-electron chi connectivity index (χ2n) is 7.86. The molecule has 5 rings (SSSR count). The van der Waals surface area contributed by atoms with Crippen molar-refractivity contribution < 1.29 is 23.7 Å². The summed E-state index contributed by atoms with van der Waals surface area (Å²) in [7, 11) is 0. The first-order valence-corrected chi connectivity index (χ1v) is 11.0. The Balaban J connectivity index is 1.53. The molecule has 35 heavy (non-hydrogen) atoms. The molecule has 0 aliphatic carbocycles. The molecule has 8 heteroatoms. The lowest BCUT2D eigenvalue weighted by Gasteiger charge is -2.27. The molecule has 174 valence electrons. The van der Waals surface area contributed by atoms with Crippen molar-refractivity contribution in [1.29, 1.82) is 10.5 Å². The third-order valence-corrected chi connectivity index (χ3v) is 5.83. The van der Waals surface area contributed by atoms with E-state index in [0.29, 0.717) is 40.9 Å². The Hall–Kier alpha value is -4.82. The Labute approximate surface area is 202 Å². The molecular weight excluding hydrogens is 446 g/mol. The molecule has 0 bridgehead atoms. The zero-order valence-electron chi connectivity index (χ0n) is 18.9. The van der Waals surface area contributed by atoms with Gasteiger partial charge < -0.3 is 29.4 Å². The molecule has 8 nitrogen and oxygen atoms in total. The monoisotopic (exact) mass is 467 g/mol. The van der Waals surface area contributed by atoms with Gasteiger partial charge in [0.2, 0.25) is 12.7 Å². The molecule has 0 aromatic heterocycles. The van der Waals surface area contributed by atoms with Gasteiger partial charge in [-0.2, -0.15) is 10.5 Å². The lowest BCUT2D eigenvalue weighted by atomic mass is 9.83. The molecule has 0 spiro atoms. The molecular formula is C27H21N3O5. The molecule has 0 saturated carbocycles. The molecule has 0 saturated heterocycles. The average Bonchev–Trinajstić information content (AvgIpc) is 3.33. The molecule has 2 heterocycles. The number of fused-ring (bicyclic) bond motifs is 2. The fraction of sp³-hybridized carbons (Fsp3) is 0.185. The van der Waals surface area contributed by atoms with Crippen molar-refractivity contribution in [1.82, 2.24) is 0 Å². The summed E-state index contributed by atoms with van der Waals surface area (Å²) >= 11 is 0. The second kappa shape index (κ2) is 9.20. The lowest BCUT2D eigenvalue weighted by Crippen LogP contribution is -2.21. The van der Waals surface area contributed by atoms with E-state index in [1.165, 1.54) is 0 Å². The van der Waals surface area contributed by atoms with Crippen LogP contribution in [0.5, 0.6) is 28.7 Å².